The van der Waals surface area contributed by atoms with Gasteiger partial charge in [-0.25, -0.2) is 14.0 Å². The van der Waals surface area contributed by atoms with Crippen molar-refractivity contribution in [2.45, 2.75) is 58.2 Å². The van der Waals surface area contributed by atoms with Gasteiger partial charge in [0.1, 0.15) is 5.75 Å². The minimum Gasteiger partial charge on any atom is -0.482 e. The van der Waals surface area contributed by atoms with Crippen molar-refractivity contribution in [3.8, 4) is 5.75 Å². The van der Waals surface area contributed by atoms with Crippen molar-refractivity contribution >= 4 is 29.1 Å². The topological polar surface area (TPSA) is 90.9 Å². The van der Waals surface area contributed by atoms with Crippen molar-refractivity contribution in [1.82, 2.24) is 0 Å². The Kier molecular flexibility index (Phi) is 9.23. The highest BCUT2D eigenvalue weighted by Crippen LogP contribution is 2.37. The molecule has 1 saturated carbocycles. The lowest BCUT2D eigenvalue weighted by molar-refractivity contribution is -0.140. The van der Waals surface area contributed by atoms with Crippen LogP contribution in [0.5, 0.6) is 5.75 Å². The molecule has 3 N–H and O–H groups in total. The Labute approximate surface area is 212 Å². The summed E-state index contributed by atoms with van der Waals surface area (Å²) in [6, 6.07) is 6.66. The molecule has 1 fully saturated rings. The second kappa shape index (κ2) is 12.2. The summed E-state index contributed by atoms with van der Waals surface area (Å²) in [5.74, 6) is -2.31. The molecule has 3 rings (SSSR count). The van der Waals surface area contributed by atoms with Crippen molar-refractivity contribution in [2.24, 2.45) is 5.92 Å². The molecular weight excluding hydrogens is 494 g/mol. The number of alkyl halides is 3. The van der Waals surface area contributed by atoms with E-state index in [0.717, 1.165) is 44.2 Å². The predicted octanol–water partition coefficient (Wildman–Crippen LogP) is 6.75. The van der Waals surface area contributed by atoms with E-state index in [9.17, 15) is 27.2 Å². The van der Waals surface area contributed by atoms with Crippen LogP contribution in [0.15, 0.2) is 36.4 Å². The summed E-state index contributed by atoms with van der Waals surface area (Å²) in [7, 11) is 0. The molecule has 0 heterocycles. The summed E-state index contributed by atoms with van der Waals surface area (Å²) in [5, 5.41) is 13.7. The molecule has 0 radical (unpaired) electrons. The van der Waals surface area contributed by atoms with Crippen molar-refractivity contribution in [3.05, 3.63) is 47.8 Å². The first-order chi connectivity index (χ1) is 17.5. The molecule has 0 spiro atoms. The molecule has 0 bridgehead atoms. The Morgan fingerprint density at radius 1 is 1.08 bits per heavy atom. The summed E-state index contributed by atoms with van der Waals surface area (Å²) in [6.45, 7) is 4.21. The zero-order valence-electron chi connectivity index (χ0n) is 20.7. The summed E-state index contributed by atoms with van der Waals surface area (Å²) in [5.41, 5.74) is -1.20. The number of hydrogen-bond donors (Lipinski definition) is 3. The second-order valence-electron chi connectivity index (χ2n) is 9.44. The van der Waals surface area contributed by atoms with Crippen LogP contribution in [0.25, 0.3) is 0 Å². The normalized spacial score (nSPS) is 14.4. The first-order valence-electron chi connectivity index (χ1n) is 12.1. The third-order valence-electron chi connectivity index (χ3n) is 6.02. The van der Waals surface area contributed by atoms with E-state index in [1.165, 1.54) is 6.07 Å². The van der Waals surface area contributed by atoms with Gasteiger partial charge in [0.15, 0.2) is 12.4 Å². The highest BCUT2D eigenvalue weighted by molar-refractivity contribution is 6.02. The molecule has 2 aromatic carbocycles. The van der Waals surface area contributed by atoms with Crippen molar-refractivity contribution in [1.29, 1.82) is 0 Å². The Hall–Kier alpha value is -3.50. The van der Waals surface area contributed by atoms with Gasteiger partial charge in [0.25, 0.3) is 0 Å². The number of carbonyl (C=O) groups excluding carboxylic acids is 1. The number of halogens is 4. The molecule has 1 aliphatic rings. The van der Waals surface area contributed by atoms with Gasteiger partial charge in [0.2, 0.25) is 0 Å². The fraction of sp³-hybridized carbons (Fsp3) is 0.462. The number of rotatable bonds is 9. The molecule has 0 aliphatic heterocycles. The molecule has 0 unspecified atom stereocenters. The van der Waals surface area contributed by atoms with E-state index in [1.54, 1.807) is 12.1 Å². The zero-order chi connectivity index (χ0) is 27.2. The molecule has 0 saturated heterocycles. The molecule has 2 amide bonds. The molecule has 1 aliphatic carbocycles. The summed E-state index contributed by atoms with van der Waals surface area (Å²) in [4.78, 5) is 26.0. The minimum atomic E-state index is -4.92. The third kappa shape index (κ3) is 7.74. The number of carboxylic acids is 1. The van der Waals surface area contributed by atoms with Gasteiger partial charge in [-0.1, -0.05) is 39.2 Å². The molecular formula is C26H31F4N3O4. The number of hydrogen-bond acceptors (Lipinski definition) is 4. The summed E-state index contributed by atoms with van der Waals surface area (Å²) in [6.07, 6.45) is 0.285. The van der Waals surface area contributed by atoms with Crippen LogP contribution in [-0.2, 0) is 11.0 Å². The molecule has 0 atom stereocenters. The van der Waals surface area contributed by atoms with E-state index in [1.807, 2.05) is 0 Å². The van der Waals surface area contributed by atoms with E-state index in [4.69, 9.17) is 9.84 Å². The zero-order valence-corrected chi connectivity index (χ0v) is 20.7. The van der Waals surface area contributed by atoms with Crippen LogP contribution in [0, 0.1) is 11.7 Å². The lowest BCUT2D eigenvalue weighted by Crippen LogP contribution is -2.40. The van der Waals surface area contributed by atoms with E-state index >= 15 is 0 Å². The van der Waals surface area contributed by atoms with E-state index < -0.39 is 41.9 Å². The maximum atomic E-state index is 14.5. The van der Waals surface area contributed by atoms with Crippen LogP contribution < -0.4 is 20.3 Å². The Morgan fingerprint density at radius 3 is 2.38 bits per heavy atom. The Balaban J connectivity index is 1.93. The van der Waals surface area contributed by atoms with Gasteiger partial charge < -0.3 is 25.4 Å². The van der Waals surface area contributed by atoms with Crippen molar-refractivity contribution in [2.75, 3.05) is 28.7 Å². The number of nitrogens with one attached hydrogen (secondary N) is 2. The SMILES string of the molecule is CC(C)CN(c1ccc(OCC(=O)O)cc1NC(=O)Nc1cccc(C(F)(F)F)c1F)C1CCCCC1. The highest BCUT2D eigenvalue weighted by atomic mass is 19.4. The van der Waals surface area contributed by atoms with Gasteiger partial charge in [-0.3, -0.25) is 0 Å². The van der Waals surface area contributed by atoms with Crippen molar-refractivity contribution in [3.63, 3.8) is 0 Å². The largest absolute Gasteiger partial charge is 0.482 e. The van der Waals surface area contributed by atoms with Crippen LogP contribution in [0.3, 0.4) is 0 Å². The average Bonchev–Trinajstić information content (AvgIpc) is 2.82. The van der Waals surface area contributed by atoms with Gasteiger partial charge in [0, 0.05) is 18.7 Å². The number of nitrogens with zero attached hydrogens (tertiary/aromatic N) is 1. The number of amides is 2. The highest BCUT2D eigenvalue weighted by Gasteiger charge is 2.35. The van der Waals surface area contributed by atoms with E-state index in [-0.39, 0.29) is 23.4 Å². The minimum absolute atomic E-state index is 0.180. The number of benzene rings is 2. The van der Waals surface area contributed by atoms with Crippen LogP contribution >= 0.6 is 0 Å². The van der Waals surface area contributed by atoms with E-state index in [0.29, 0.717) is 18.3 Å². The summed E-state index contributed by atoms with van der Waals surface area (Å²) < 4.78 is 59.0. The number of urea groups is 1. The molecule has 202 valence electrons. The number of carboxylic acid groups (broad SMARTS) is 1. The quantitative estimate of drug-likeness (QED) is 0.315. The van der Waals surface area contributed by atoms with Gasteiger partial charge in [-0.15, -0.1) is 0 Å². The average molecular weight is 526 g/mol. The second-order valence-corrected chi connectivity index (χ2v) is 9.44. The van der Waals surface area contributed by atoms with Gasteiger partial charge in [-0.2, -0.15) is 13.2 Å². The first kappa shape index (κ1) is 28.1. The standard InChI is InChI=1S/C26H31F4N3O4/c1-16(2)14-33(17-7-4-3-5-8-17)22-12-11-18(37-15-23(34)35)13-21(22)32-25(36)31-20-10-6-9-19(24(20)27)26(28,29)30/h6,9-13,16-17H,3-5,7-8,14-15H2,1-2H3,(H,34,35)(H2,31,32,36). The van der Waals surface area contributed by atoms with Gasteiger partial charge in [0.05, 0.1) is 22.6 Å². The number of aliphatic carboxylic acids is 1. The maximum absolute atomic E-state index is 14.5. The first-order valence-corrected chi connectivity index (χ1v) is 12.1. The molecule has 7 nitrogen and oxygen atoms in total. The van der Waals surface area contributed by atoms with Crippen LogP contribution in [0.4, 0.5) is 39.4 Å². The lowest BCUT2D eigenvalue weighted by atomic mass is 9.93. The molecule has 0 aromatic heterocycles. The fourth-order valence-electron chi connectivity index (χ4n) is 4.45. The predicted molar refractivity (Wildman–Crippen MR) is 133 cm³/mol. The Morgan fingerprint density at radius 2 is 1.76 bits per heavy atom. The summed E-state index contributed by atoms with van der Waals surface area (Å²) >= 11 is 0. The molecule has 11 heteroatoms. The maximum Gasteiger partial charge on any atom is 0.419 e. The molecule has 2 aromatic rings. The number of anilines is 3. The third-order valence-corrected chi connectivity index (χ3v) is 6.02. The lowest BCUT2D eigenvalue weighted by Gasteiger charge is -2.38. The monoisotopic (exact) mass is 525 g/mol. The van der Waals surface area contributed by atoms with Crippen LogP contribution in [-0.4, -0.2) is 36.3 Å². The van der Waals surface area contributed by atoms with Crippen LogP contribution in [0.2, 0.25) is 0 Å². The van der Waals surface area contributed by atoms with Gasteiger partial charge in [-0.05, 0) is 43.0 Å². The van der Waals surface area contributed by atoms with Crippen LogP contribution in [0.1, 0.15) is 51.5 Å². The van der Waals surface area contributed by atoms with E-state index in [2.05, 4.69) is 29.4 Å². The fourth-order valence-corrected chi connectivity index (χ4v) is 4.45. The number of carbonyl (C=O) groups is 2. The smallest absolute Gasteiger partial charge is 0.419 e. The van der Waals surface area contributed by atoms with Crippen molar-refractivity contribution < 1.29 is 37.0 Å². The van der Waals surface area contributed by atoms with Gasteiger partial charge >= 0.3 is 18.2 Å². The Bertz CT molecular complexity index is 1100. The number of ether oxygens (including phenoxy) is 1. The molecule has 37 heavy (non-hydrogen) atoms.